The van der Waals surface area contributed by atoms with Crippen LogP contribution in [0.3, 0.4) is 0 Å². The molecule has 3 N–H and O–H groups in total. The van der Waals surface area contributed by atoms with E-state index in [-0.39, 0.29) is 24.1 Å². The molecule has 1 amide bonds. The van der Waals surface area contributed by atoms with E-state index in [1.807, 2.05) is 35.2 Å². The molecule has 1 atom stereocenters. The summed E-state index contributed by atoms with van der Waals surface area (Å²) in [6.07, 6.45) is 1.79. The van der Waals surface area contributed by atoms with Crippen molar-refractivity contribution in [1.82, 2.24) is 9.55 Å². The molecule has 8 nitrogen and oxygen atoms in total. The van der Waals surface area contributed by atoms with E-state index in [4.69, 9.17) is 10.7 Å². The van der Waals surface area contributed by atoms with Crippen molar-refractivity contribution in [1.29, 1.82) is 5.26 Å². The lowest BCUT2D eigenvalue weighted by atomic mass is 10.1. The number of piperidine rings is 1. The number of carbonyl (C=O) groups excluding carboxylic acids is 1. The van der Waals surface area contributed by atoms with E-state index in [9.17, 15) is 14.9 Å². The molecule has 0 saturated carbocycles. The summed E-state index contributed by atoms with van der Waals surface area (Å²) >= 11 is 1.21. The number of fused-ring (bicyclic) bond motifs is 1. The number of rotatable bonds is 5. The summed E-state index contributed by atoms with van der Waals surface area (Å²) in [5, 5.41) is 14.1. The molecule has 1 aliphatic rings. The monoisotopic (exact) mass is 484 g/mol. The zero-order valence-electron chi connectivity index (χ0n) is 19.0. The van der Waals surface area contributed by atoms with E-state index < -0.39 is 0 Å². The number of hydrogen-bond donors (Lipinski definition) is 2. The summed E-state index contributed by atoms with van der Waals surface area (Å²) in [5.74, 6) is 0.153. The molecule has 2 aromatic carbocycles. The van der Waals surface area contributed by atoms with Crippen molar-refractivity contribution in [2.45, 2.75) is 25.4 Å². The molecule has 0 aliphatic carbocycles. The van der Waals surface area contributed by atoms with Crippen LogP contribution in [0.15, 0.2) is 64.8 Å². The quantitative estimate of drug-likeness (QED) is 0.447. The largest absolute Gasteiger partial charge is 0.341 e. The van der Waals surface area contributed by atoms with Gasteiger partial charge in [0.05, 0.1) is 23.7 Å². The fourth-order valence-electron chi connectivity index (χ4n) is 4.38. The first-order valence-electron chi connectivity index (χ1n) is 11.4. The second-order valence-electron chi connectivity index (χ2n) is 8.57. The zero-order chi connectivity index (χ0) is 24.4. The number of aromatic nitrogens is 2. The van der Waals surface area contributed by atoms with E-state index >= 15 is 0 Å². The lowest BCUT2D eigenvalue weighted by Crippen LogP contribution is -2.45. The predicted molar refractivity (Wildman–Crippen MR) is 138 cm³/mol. The highest BCUT2D eigenvalue weighted by Gasteiger charge is 2.25. The number of nitrogens with two attached hydrogens (primary N) is 1. The third-order valence-corrected chi connectivity index (χ3v) is 7.10. The summed E-state index contributed by atoms with van der Waals surface area (Å²) in [6, 6.07) is 18.6. The number of para-hydroxylation sites is 1. The number of benzene rings is 2. The molecule has 2 aromatic heterocycles. The predicted octanol–water partition coefficient (Wildman–Crippen LogP) is 3.56. The van der Waals surface area contributed by atoms with Gasteiger partial charge in [0, 0.05) is 30.2 Å². The number of thiophene rings is 1. The van der Waals surface area contributed by atoms with Crippen LogP contribution in [0.25, 0.3) is 10.2 Å². The van der Waals surface area contributed by atoms with Crippen LogP contribution < -0.4 is 21.5 Å². The van der Waals surface area contributed by atoms with Crippen molar-refractivity contribution < 1.29 is 4.79 Å². The summed E-state index contributed by atoms with van der Waals surface area (Å²) in [6.45, 7) is 1.48. The Balaban J connectivity index is 1.62. The van der Waals surface area contributed by atoms with Gasteiger partial charge < -0.3 is 16.0 Å². The molecule has 0 unspecified atom stereocenters. The molecule has 5 rings (SSSR count). The summed E-state index contributed by atoms with van der Waals surface area (Å²) in [5.41, 5.74) is 8.66. The average molecular weight is 485 g/mol. The standard InChI is InChI=1S/C26H24N6O2S/c27-13-17-7-4-5-8-18(17)14-32-25(34)23-22(30-26(32)31-12-6-9-19(28)15-31)21(16-35-23)24(33)29-20-10-2-1-3-11-20/h1-5,7-8,10-11,16,19H,6,9,12,14-15,28H2,(H,29,33)/t19-/m1/s1. The number of hydrogen-bond acceptors (Lipinski definition) is 7. The Labute approximate surface area is 206 Å². The highest BCUT2D eigenvalue weighted by Crippen LogP contribution is 2.27. The summed E-state index contributed by atoms with van der Waals surface area (Å²) < 4.78 is 2.01. The highest BCUT2D eigenvalue weighted by atomic mass is 32.1. The van der Waals surface area contributed by atoms with E-state index in [0.29, 0.717) is 46.1 Å². The first kappa shape index (κ1) is 22.8. The number of carbonyl (C=O) groups is 1. The van der Waals surface area contributed by atoms with Gasteiger partial charge in [-0.1, -0.05) is 36.4 Å². The van der Waals surface area contributed by atoms with Crippen molar-refractivity contribution in [3.8, 4) is 6.07 Å². The van der Waals surface area contributed by atoms with Gasteiger partial charge in [0.2, 0.25) is 5.95 Å². The van der Waals surface area contributed by atoms with E-state index in [0.717, 1.165) is 18.4 Å². The van der Waals surface area contributed by atoms with Gasteiger partial charge in [-0.3, -0.25) is 14.2 Å². The van der Waals surface area contributed by atoms with Gasteiger partial charge in [-0.2, -0.15) is 5.26 Å². The maximum absolute atomic E-state index is 13.7. The van der Waals surface area contributed by atoms with Gasteiger partial charge in [0.1, 0.15) is 10.2 Å². The number of anilines is 2. The Kier molecular flexibility index (Phi) is 6.31. The first-order valence-corrected chi connectivity index (χ1v) is 12.3. The lowest BCUT2D eigenvalue weighted by molar-refractivity contribution is 0.102. The molecule has 0 spiro atoms. The van der Waals surface area contributed by atoms with Crippen molar-refractivity contribution in [3.63, 3.8) is 0 Å². The average Bonchev–Trinajstić information content (AvgIpc) is 3.31. The number of nitriles is 1. The second-order valence-corrected chi connectivity index (χ2v) is 9.45. The van der Waals surface area contributed by atoms with Crippen molar-refractivity contribution in [2.75, 3.05) is 23.3 Å². The molecule has 4 aromatic rings. The van der Waals surface area contributed by atoms with Crippen LogP contribution in [-0.4, -0.2) is 34.6 Å². The SMILES string of the molecule is N#Cc1ccccc1Cn1c(N2CCC[C@@H](N)C2)nc2c(C(=O)Nc3ccccc3)csc2c1=O. The number of amides is 1. The van der Waals surface area contributed by atoms with Crippen LogP contribution in [0.2, 0.25) is 0 Å². The molecule has 35 heavy (non-hydrogen) atoms. The van der Waals surface area contributed by atoms with Gasteiger partial charge in [-0.15, -0.1) is 11.3 Å². The molecule has 1 aliphatic heterocycles. The van der Waals surface area contributed by atoms with Crippen LogP contribution in [0.1, 0.15) is 34.3 Å². The Bertz CT molecular complexity index is 1490. The maximum Gasteiger partial charge on any atom is 0.273 e. The van der Waals surface area contributed by atoms with E-state index in [2.05, 4.69) is 11.4 Å². The molecule has 1 fully saturated rings. The maximum atomic E-state index is 13.7. The normalized spacial score (nSPS) is 15.7. The number of nitrogens with one attached hydrogen (secondary N) is 1. The smallest absolute Gasteiger partial charge is 0.273 e. The van der Waals surface area contributed by atoms with Crippen molar-refractivity contribution in [3.05, 3.63) is 87.0 Å². The van der Waals surface area contributed by atoms with Crippen molar-refractivity contribution in [2.24, 2.45) is 5.73 Å². The van der Waals surface area contributed by atoms with Crippen LogP contribution in [0.5, 0.6) is 0 Å². The minimum absolute atomic E-state index is 0.0282. The van der Waals surface area contributed by atoms with Crippen LogP contribution in [0, 0.1) is 11.3 Å². The van der Waals surface area contributed by atoms with Crippen LogP contribution in [0.4, 0.5) is 11.6 Å². The fraction of sp³-hybridized carbons (Fsp3) is 0.231. The summed E-state index contributed by atoms with van der Waals surface area (Å²) in [4.78, 5) is 33.7. The van der Waals surface area contributed by atoms with Crippen LogP contribution in [-0.2, 0) is 6.54 Å². The Hall–Kier alpha value is -4.00. The molecule has 9 heteroatoms. The van der Waals surface area contributed by atoms with E-state index in [1.165, 1.54) is 11.3 Å². The lowest BCUT2D eigenvalue weighted by Gasteiger charge is -2.33. The molecule has 0 bridgehead atoms. The zero-order valence-corrected chi connectivity index (χ0v) is 19.8. The molecule has 1 saturated heterocycles. The first-order chi connectivity index (χ1) is 17.0. The van der Waals surface area contributed by atoms with Crippen molar-refractivity contribution >= 4 is 39.1 Å². The van der Waals surface area contributed by atoms with E-state index in [1.54, 1.807) is 34.2 Å². The Morgan fingerprint density at radius 2 is 1.97 bits per heavy atom. The molecule has 176 valence electrons. The highest BCUT2D eigenvalue weighted by molar-refractivity contribution is 7.17. The minimum Gasteiger partial charge on any atom is -0.341 e. The van der Waals surface area contributed by atoms with Gasteiger partial charge in [0.25, 0.3) is 11.5 Å². The molecule has 3 heterocycles. The molecular weight excluding hydrogens is 460 g/mol. The minimum atomic E-state index is -0.316. The number of nitrogens with zero attached hydrogens (tertiary/aromatic N) is 4. The van der Waals surface area contributed by atoms with Crippen LogP contribution >= 0.6 is 11.3 Å². The van der Waals surface area contributed by atoms with Gasteiger partial charge in [-0.25, -0.2) is 4.98 Å². The third-order valence-electron chi connectivity index (χ3n) is 6.14. The van der Waals surface area contributed by atoms with Gasteiger partial charge >= 0.3 is 0 Å². The topological polar surface area (TPSA) is 117 Å². The third kappa shape index (κ3) is 4.54. The molecular formula is C26H24N6O2S. The Morgan fingerprint density at radius 1 is 1.20 bits per heavy atom. The Morgan fingerprint density at radius 3 is 2.74 bits per heavy atom. The van der Waals surface area contributed by atoms with Gasteiger partial charge in [-0.05, 0) is 36.6 Å². The molecule has 0 radical (unpaired) electrons. The summed E-state index contributed by atoms with van der Waals surface area (Å²) in [7, 11) is 0. The fourth-order valence-corrected chi connectivity index (χ4v) is 5.32. The second kappa shape index (κ2) is 9.70. The van der Waals surface area contributed by atoms with Gasteiger partial charge in [0.15, 0.2) is 0 Å².